The van der Waals surface area contributed by atoms with Gasteiger partial charge in [-0.05, 0) is 35.9 Å². The first-order valence-corrected chi connectivity index (χ1v) is 7.45. The normalized spacial score (nSPS) is 10.2. The van der Waals surface area contributed by atoms with Crippen LogP contribution < -0.4 is 10.6 Å². The molecule has 2 amide bonds. The van der Waals surface area contributed by atoms with Gasteiger partial charge in [-0.2, -0.15) is 0 Å². The molecule has 0 unspecified atom stereocenters. The summed E-state index contributed by atoms with van der Waals surface area (Å²) in [5.41, 5.74) is 1.15. The first-order chi connectivity index (χ1) is 10.9. The van der Waals surface area contributed by atoms with E-state index >= 15 is 0 Å². The van der Waals surface area contributed by atoms with Crippen LogP contribution >= 0.6 is 23.2 Å². The molecule has 0 aliphatic heterocycles. The minimum Gasteiger partial charge on any atom is -0.352 e. The molecule has 120 valence electrons. The van der Waals surface area contributed by atoms with Gasteiger partial charge in [-0.1, -0.05) is 35.3 Å². The third kappa shape index (κ3) is 5.88. The predicted molar refractivity (Wildman–Crippen MR) is 88.0 cm³/mol. The van der Waals surface area contributed by atoms with Crippen LogP contribution in [0.5, 0.6) is 0 Å². The fourth-order valence-electron chi connectivity index (χ4n) is 1.84. The molecule has 2 rings (SSSR count). The summed E-state index contributed by atoms with van der Waals surface area (Å²) in [5, 5.41) is 5.89. The lowest BCUT2D eigenvalue weighted by Gasteiger charge is -2.07. The quantitative estimate of drug-likeness (QED) is 0.802. The van der Waals surface area contributed by atoms with Crippen molar-refractivity contribution in [2.75, 3.05) is 5.32 Å². The highest BCUT2D eigenvalue weighted by atomic mass is 35.5. The second kappa shape index (κ2) is 7.94. The zero-order valence-electron chi connectivity index (χ0n) is 11.9. The van der Waals surface area contributed by atoms with Gasteiger partial charge in [0.05, 0.1) is 0 Å². The van der Waals surface area contributed by atoms with Crippen molar-refractivity contribution in [1.82, 2.24) is 5.32 Å². The summed E-state index contributed by atoms with van der Waals surface area (Å²) >= 11 is 11.7. The average Bonchev–Trinajstić information content (AvgIpc) is 2.45. The molecular weight excluding hydrogens is 342 g/mol. The lowest BCUT2D eigenvalue weighted by atomic mass is 10.2. The molecule has 0 spiro atoms. The van der Waals surface area contributed by atoms with Crippen LogP contribution in [0.15, 0.2) is 42.5 Å². The Morgan fingerprint density at radius 3 is 2.17 bits per heavy atom. The Balaban J connectivity index is 1.82. The number of nitrogens with one attached hydrogen (secondary N) is 2. The molecule has 0 heterocycles. The second-order valence-corrected chi connectivity index (χ2v) is 5.66. The molecule has 0 aliphatic rings. The van der Waals surface area contributed by atoms with Crippen molar-refractivity contribution in [1.29, 1.82) is 0 Å². The van der Waals surface area contributed by atoms with Crippen molar-refractivity contribution in [2.45, 2.75) is 13.0 Å². The third-order valence-corrected chi connectivity index (χ3v) is 3.31. The molecule has 4 nitrogen and oxygen atoms in total. The smallest absolute Gasteiger partial charge is 0.233 e. The van der Waals surface area contributed by atoms with Crippen LogP contribution in [0.1, 0.15) is 12.0 Å². The maximum Gasteiger partial charge on any atom is 0.233 e. The SMILES string of the molecule is O=C(CC(=O)Nc1cc(Cl)cc(Cl)c1)NCc1ccc(F)cc1. The fraction of sp³-hybridized carbons (Fsp3) is 0.125. The number of benzene rings is 2. The maximum atomic E-state index is 12.8. The molecule has 0 bridgehead atoms. The topological polar surface area (TPSA) is 58.2 Å². The van der Waals surface area contributed by atoms with Crippen molar-refractivity contribution in [3.05, 3.63) is 63.9 Å². The second-order valence-electron chi connectivity index (χ2n) is 4.79. The summed E-state index contributed by atoms with van der Waals surface area (Å²) in [6.07, 6.45) is -0.342. The number of carbonyl (C=O) groups excluding carboxylic acids is 2. The summed E-state index contributed by atoms with van der Waals surface area (Å²) in [6, 6.07) is 10.3. The van der Waals surface area contributed by atoms with Gasteiger partial charge >= 0.3 is 0 Å². The van der Waals surface area contributed by atoms with Gasteiger partial charge in [-0.15, -0.1) is 0 Å². The lowest BCUT2D eigenvalue weighted by Crippen LogP contribution is -2.27. The number of rotatable bonds is 5. The molecule has 0 saturated heterocycles. The highest BCUT2D eigenvalue weighted by molar-refractivity contribution is 6.35. The number of amides is 2. The molecule has 0 fully saturated rings. The number of anilines is 1. The van der Waals surface area contributed by atoms with Crippen LogP contribution in [0.2, 0.25) is 10.0 Å². The van der Waals surface area contributed by atoms with Crippen LogP contribution in [0.4, 0.5) is 10.1 Å². The monoisotopic (exact) mass is 354 g/mol. The Hall–Kier alpha value is -2.11. The zero-order valence-corrected chi connectivity index (χ0v) is 13.4. The summed E-state index contributed by atoms with van der Waals surface area (Å²) in [5.74, 6) is -1.28. The van der Waals surface area contributed by atoms with Gasteiger partial charge in [0, 0.05) is 22.3 Å². The summed E-state index contributed by atoms with van der Waals surface area (Å²) in [7, 11) is 0. The predicted octanol–water partition coefficient (Wildman–Crippen LogP) is 3.78. The van der Waals surface area contributed by atoms with E-state index in [4.69, 9.17) is 23.2 Å². The highest BCUT2D eigenvalue weighted by Gasteiger charge is 2.10. The molecule has 0 radical (unpaired) electrons. The molecule has 0 atom stereocenters. The summed E-state index contributed by atoms with van der Waals surface area (Å²) < 4.78 is 12.8. The Labute approximate surface area is 142 Å². The Kier molecular flexibility index (Phi) is 5.96. The van der Waals surface area contributed by atoms with Gasteiger partial charge < -0.3 is 10.6 Å². The maximum absolute atomic E-state index is 12.8. The molecule has 23 heavy (non-hydrogen) atoms. The van der Waals surface area contributed by atoms with Crippen LogP contribution in [0, 0.1) is 5.82 Å². The minimum atomic E-state index is -0.486. The van der Waals surface area contributed by atoms with E-state index in [1.165, 1.54) is 30.3 Å². The molecule has 0 aromatic heterocycles. The van der Waals surface area contributed by atoms with Crippen molar-refractivity contribution in [2.24, 2.45) is 0 Å². The van der Waals surface area contributed by atoms with Crippen LogP contribution in [0.3, 0.4) is 0 Å². The Bertz CT molecular complexity index is 700. The van der Waals surface area contributed by atoms with Crippen molar-refractivity contribution < 1.29 is 14.0 Å². The van der Waals surface area contributed by atoms with E-state index in [1.54, 1.807) is 12.1 Å². The first kappa shape index (κ1) is 17.2. The van der Waals surface area contributed by atoms with Crippen molar-refractivity contribution in [3.8, 4) is 0 Å². The van der Waals surface area contributed by atoms with Gasteiger partial charge in [-0.3, -0.25) is 9.59 Å². The number of hydrogen-bond donors (Lipinski definition) is 2. The zero-order chi connectivity index (χ0) is 16.8. The van der Waals surface area contributed by atoms with E-state index in [-0.39, 0.29) is 18.8 Å². The highest BCUT2D eigenvalue weighted by Crippen LogP contribution is 2.22. The van der Waals surface area contributed by atoms with E-state index < -0.39 is 11.8 Å². The number of hydrogen-bond acceptors (Lipinski definition) is 2. The van der Waals surface area contributed by atoms with Crippen LogP contribution in [0.25, 0.3) is 0 Å². The average molecular weight is 355 g/mol. The largest absolute Gasteiger partial charge is 0.352 e. The molecule has 2 aromatic rings. The molecule has 2 aromatic carbocycles. The Morgan fingerprint density at radius 1 is 0.957 bits per heavy atom. The number of halogens is 3. The van der Waals surface area contributed by atoms with E-state index in [0.29, 0.717) is 15.7 Å². The number of carbonyl (C=O) groups is 2. The van der Waals surface area contributed by atoms with E-state index in [0.717, 1.165) is 5.56 Å². The van der Waals surface area contributed by atoms with Crippen molar-refractivity contribution in [3.63, 3.8) is 0 Å². The van der Waals surface area contributed by atoms with Gasteiger partial charge in [0.25, 0.3) is 0 Å². The molecular formula is C16H13Cl2FN2O2. The summed E-state index contributed by atoms with van der Waals surface area (Å²) in [4.78, 5) is 23.5. The standard InChI is InChI=1S/C16H13Cl2FN2O2/c17-11-5-12(18)7-14(6-11)21-16(23)8-15(22)20-9-10-1-3-13(19)4-2-10/h1-7H,8-9H2,(H,20,22)(H,21,23). The first-order valence-electron chi connectivity index (χ1n) is 6.69. The van der Waals surface area contributed by atoms with E-state index in [9.17, 15) is 14.0 Å². The van der Waals surface area contributed by atoms with E-state index in [2.05, 4.69) is 10.6 Å². The van der Waals surface area contributed by atoms with Gasteiger partial charge in [0.15, 0.2) is 0 Å². The lowest BCUT2D eigenvalue weighted by molar-refractivity contribution is -0.126. The molecule has 2 N–H and O–H groups in total. The molecule has 0 aliphatic carbocycles. The van der Waals surface area contributed by atoms with Crippen LogP contribution in [-0.2, 0) is 16.1 Å². The molecule has 0 saturated carbocycles. The van der Waals surface area contributed by atoms with Gasteiger partial charge in [0.1, 0.15) is 12.2 Å². The fourth-order valence-corrected chi connectivity index (χ4v) is 2.37. The molecule has 7 heteroatoms. The van der Waals surface area contributed by atoms with Crippen molar-refractivity contribution >= 4 is 40.7 Å². The van der Waals surface area contributed by atoms with Crippen LogP contribution in [-0.4, -0.2) is 11.8 Å². The van der Waals surface area contributed by atoms with E-state index in [1.807, 2.05) is 0 Å². The summed E-state index contributed by atoms with van der Waals surface area (Å²) in [6.45, 7) is 0.218. The van der Waals surface area contributed by atoms with Gasteiger partial charge in [0.2, 0.25) is 11.8 Å². The Morgan fingerprint density at radius 2 is 1.57 bits per heavy atom. The minimum absolute atomic E-state index is 0.218. The van der Waals surface area contributed by atoms with Gasteiger partial charge in [-0.25, -0.2) is 4.39 Å². The third-order valence-electron chi connectivity index (χ3n) is 2.87.